The summed E-state index contributed by atoms with van der Waals surface area (Å²) in [6.45, 7) is 4.20. The summed E-state index contributed by atoms with van der Waals surface area (Å²) in [6, 6.07) is 11.7. The number of aryl methyl sites for hydroxylation is 3. The number of nitrogens with zero attached hydrogens (tertiary/aromatic N) is 4. The lowest BCUT2D eigenvalue weighted by molar-refractivity contribution is 0.384. The fourth-order valence-corrected chi connectivity index (χ4v) is 5.97. The fraction of sp³-hybridized carbons (Fsp3) is 0.364. The third-order valence-electron chi connectivity index (χ3n) is 6.10. The van der Waals surface area contributed by atoms with Gasteiger partial charge in [-0.15, -0.1) is 0 Å². The number of rotatable bonds is 3. The lowest BCUT2D eigenvalue weighted by atomic mass is 10.1. The first-order chi connectivity index (χ1) is 14.0. The van der Waals surface area contributed by atoms with Crippen LogP contribution in [0.15, 0.2) is 47.6 Å². The fourth-order valence-electron chi connectivity index (χ4n) is 4.50. The molecule has 1 saturated heterocycles. The molecule has 6 nitrogen and oxygen atoms in total. The third-order valence-corrected chi connectivity index (χ3v) is 7.99. The van der Waals surface area contributed by atoms with Crippen molar-refractivity contribution in [3.05, 3.63) is 59.4 Å². The van der Waals surface area contributed by atoms with Crippen LogP contribution in [0.5, 0.6) is 0 Å². The van der Waals surface area contributed by atoms with Crippen molar-refractivity contribution >= 4 is 26.7 Å². The van der Waals surface area contributed by atoms with Gasteiger partial charge in [-0.05, 0) is 61.1 Å². The summed E-state index contributed by atoms with van der Waals surface area (Å²) in [4.78, 5) is 11.5. The van der Waals surface area contributed by atoms with Crippen molar-refractivity contribution in [2.75, 3.05) is 31.1 Å². The van der Waals surface area contributed by atoms with Crippen LogP contribution in [0.2, 0.25) is 0 Å². The van der Waals surface area contributed by atoms with E-state index in [2.05, 4.69) is 27.9 Å². The van der Waals surface area contributed by atoms with Crippen molar-refractivity contribution in [2.24, 2.45) is 0 Å². The van der Waals surface area contributed by atoms with Crippen molar-refractivity contribution in [1.82, 2.24) is 14.3 Å². The molecule has 2 aliphatic rings. The first kappa shape index (κ1) is 18.5. The Balaban J connectivity index is 1.38. The average Bonchev–Trinajstić information content (AvgIpc) is 3.22. The number of fused-ring (bicyclic) bond motifs is 2. The molecule has 7 heteroatoms. The largest absolute Gasteiger partial charge is 0.353 e. The van der Waals surface area contributed by atoms with Gasteiger partial charge >= 0.3 is 0 Å². The van der Waals surface area contributed by atoms with E-state index in [0.29, 0.717) is 31.1 Å². The van der Waals surface area contributed by atoms with Crippen molar-refractivity contribution in [3.63, 3.8) is 0 Å². The van der Waals surface area contributed by atoms with Gasteiger partial charge in [0.1, 0.15) is 12.1 Å². The molecule has 1 fully saturated rings. The Hall–Kier alpha value is -2.51. The van der Waals surface area contributed by atoms with Crippen LogP contribution >= 0.6 is 0 Å². The van der Waals surface area contributed by atoms with Crippen molar-refractivity contribution in [1.29, 1.82) is 0 Å². The highest BCUT2D eigenvalue weighted by molar-refractivity contribution is 7.89. The third kappa shape index (κ3) is 3.18. The quantitative estimate of drug-likeness (QED) is 0.667. The lowest BCUT2D eigenvalue weighted by Gasteiger charge is -2.35. The first-order valence-electron chi connectivity index (χ1n) is 10.1. The minimum Gasteiger partial charge on any atom is -0.353 e. The molecule has 3 aromatic rings. The van der Waals surface area contributed by atoms with Gasteiger partial charge < -0.3 is 4.90 Å². The monoisotopic (exact) mass is 408 g/mol. The zero-order valence-corrected chi connectivity index (χ0v) is 17.3. The molecule has 2 heterocycles. The molecule has 0 amide bonds. The van der Waals surface area contributed by atoms with Gasteiger partial charge in [0.25, 0.3) is 0 Å². The molecule has 29 heavy (non-hydrogen) atoms. The summed E-state index contributed by atoms with van der Waals surface area (Å²) in [6.07, 6.45) is 4.74. The average molecular weight is 409 g/mol. The van der Waals surface area contributed by atoms with Crippen molar-refractivity contribution in [2.45, 2.75) is 31.1 Å². The summed E-state index contributed by atoms with van der Waals surface area (Å²) in [5.41, 5.74) is 4.53. The number of aromatic nitrogens is 2. The van der Waals surface area contributed by atoms with E-state index in [1.54, 1.807) is 16.7 Å². The van der Waals surface area contributed by atoms with E-state index in [1.807, 2.05) is 24.3 Å². The Bertz CT molecular complexity index is 1180. The molecule has 0 radical (unpaired) electrons. The lowest BCUT2D eigenvalue weighted by Crippen LogP contribution is -2.49. The summed E-state index contributed by atoms with van der Waals surface area (Å²) in [5, 5.41) is 1.05. The maximum absolute atomic E-state index is 13.2. The Morgan fingerprint density at radius 1 is 0.931 bits per heavy atom. The molecule has 0 spiro atoms. The van der Waals surface area contributed by atoms with Gasteiger partial charge in [-0.25, -0.2) is 18.4 Å². The van der Waals surface area contributed by atoms with Crippen LogP contribution in [0.4, 0.5) is 5.82 Å². The van der Waals surface area contributed by atoms with Crippen molar-refractivity contribution in [3.8, 4) is 0 Å². The predicted molar refractivity (Wildman–Crippen MR) is 114 cm³/mol. The van der Waals surface area contributed by atoms with E-state index in [-0.39, 0.29) is 0 Å². The van der Waals surface area contributed by atoms with Crippen LogP contribution in [0.1, 0.15) is 23.1 Å². The highest BCUT2D eigenvalue weighted by Crippen LogP contribution is 2.29. The maximum atomic E-state index is 13.2. The van der Waals surface area contributed by atoms with E-state index in [1.165, 1.54) is 11.1 Å². The molecular weight excluding hydrogens is 384 g/mol. The number of piperazine rings is 1. The van der Waals surface area contributed by atoms with Crippen LogP contribution in [-0.2, 0) is 22.9 Å². The Morgan fingerprint density at radius 3 is 2.55 bits per heavy atom. The van der Waals surface area contributed by atoms with Crippen LogP contribution in [-0.4, -0.2) is 48.9 Å². The molecule has 150 valence electrons. The number of hydrogen-bond donors (Lipinski definition) is 0. The van der Waals surface area contributed by atoms with Gasteiger partial charge in [0.15, 0.2) is 0 Å². The highest BCUT2D eigenvalue weighted by atomic mass is 32.2. The second-order valence-corrected chi connectivity index (χ2v) is 9.78. The van der Waals surface area contributed by atoms with E-state index in [0.717, 1.165) is 41.5 Å². The molecular formula is C22H24N4O2S. The van der Waals surface area contributed by atoms with Crippen LogP contribution < -0.4 is 4.90 Å². The van der Waals surface area contributed by atoms with Crippen LogP contribution in [0.3, 0.4) is 0 Å². The van der Waals surface area contributed by atoms with E-state index in [4.69, 9.17) is 0 Å². The zero-order valence-electron chi connectivity index (χ0n) is 16.5. The SMILES string of the molecule is Cc1cccc2ncnc(N3CCN(S(=O)(=O)c4ccc5c(c4)CCC5)CC3)c12. The molecule has 0 unspecified atom stereocenters. The molecule has 2 aromatic carbocycles. The van der Waals surface area contributed by atoms with Gasteiger partial charge in [-0.3, -0.25) is 0 Å². The summed E-state index contributed by atoms with van der Waals surface area (Å²) < 4.78 is 28.0. The van der Waals surface area contributed by atoms with E-state index in [9.17, 15) is 8.42 Å². The van der Waals surface area contributed by atoms with E-state index < -0.39 is 10.0 Å². The molecule has 0 bridgehead atoms. The van der Waals surface area contributed by atoms with Gasteiger partial charge in [-0.1, -0.05) is 18.2 Å². The Labute approximate surface area is 171 Å². The van der Waals surface area contributed by atoms with Crippen LogP contribution in [0, 0.1) is 6.92 Å². The minimum absolute atomic E-state index is 0.426. The van der Waals surface area contributed by atoms with Gasteiger partial charge in [-0.2, -0.15) is 4.31 Å². The second kappa shape index (κ2) is 7.07. The Kier molecular flexibility index (Phi) is 4.52. The number of benzene rings is 2. The second-order valence-electron chi connectivity index (χ2n) is 7.84. The van der Waals surface area contributed by atoms with Gasteiger partial charge in [0, 0.05) is 31.6 Å². The smallest absolute Gasteiger partial charge is 0.243 e. The van der Waals surface area contributed by atoms with Gasteiger partial charge in [0.2, 0.25) is 10.0 Å². The standard InChI is InChI=1S/C22H24N4O2S/c1-16-4-2-7-20-21(16)22(24-15-23-20)25-10-12-26(13-11-25)29(27,28)19-9-8-17-5-3-6-18(17)14-19/h2,4,7-9,14-15H,3,5-6,10-13H2,1H3. The van der Waals surface area contributed by atoms with Gasteiger partial charge in [0.05, 0.1) is 10.4 Å². The zero-order chi connectivity index (χ0) is 20.0. The molecule has 0 atom stereocenters. The van der Waals surface area contributed by atoms with Crippen molar-refractivity contribution < 1.29 is 8.42 Å². The molecule has 1 aliphatic carbocycles. The first-order valence-corrected chi connectivity index (χ1v) is 11.6. The molecule has 1 aromatic heterocycles. The minimum atomic E-state index is -3.47. The number of sulfonamides is 1. The predicted octanol–water partition coefficient (Wildman–Crippen LogP) is 2.94. The summed E-state index contributed by atoms with van der Waals surface area (Å²) >= 11 is 0. The molecule has 0 N–H and O–H groups in total. The number of anilines is 1. The number of hydrogen-bond acceptors (Lipinski definition) is 5. The maximum Gasteiger partial charge on any atom is 0.243 e. The molecule has 0 saturated carbocycles. The highest BCUT2D eigenvalue weighted by Gasteiger charge is 2.30. The normalized spacial score (nSPS) is 17.6. The molecule has 1 aliphatic heterocycles. The van der Waals surface area contributed by atoms with E-state index >= 15 is 0 Å². The topological polar surface area (TPSA) is 66.4 Å². The Morgan fingerprint density at radius 2 is 1.72 bits per heavy atom. The molecule has 5 rings (SSSR count). The summed E-state index contributed by atoms with van der Waals surface area (Å²) in [5.74, 6) is 0.891. The summed E-state index contributed by atoms with van der Waals surface area (Å²) in [7, 11) is -3.47. The van der Waals surface area contributed by atoms with Crippen LogP contribution in [0.25, 0.3) is 10.9 Å².